The molecular weight excluding hydrogens is 234 g/mol. The van der Waals surface area contributed by atoms with Gasteiger partial charge in [0.2, 0.25) is 0 Å². The molecule has 0 radical (unpaired) electrons. The van der Waals surface area contributed by atoms with Gasteiger partial charge in [0.15, 0.2) is 0 Å². The second-order valence-corrected chi connectivity index (χ2v) is 5.20. The van der Waals surface area contributed by atoms with Gasteiger partial charge in [0.1, 0.15) is 4.38 Å². The van der Waals surface area contributed by atoms with Gasteiger partial charge in [-0.05, 0) is 0 Å². The quantitative estimate of drug-likeness (QED) is 0.788. The van der Waals surface area contributed by atoms with E-state index in [2.05, 4.69) is 15.0 Å². The van der Waals surface area contributed by atoms with Gasteiger partial charge in [-0.1, -0.05) is 23.5 Å². The lowest BCUT2D eigenvalue weighted by atomic mass is 10.5. The predicted molar refractivity (Wildman–Crippen MR) is 63.7 cm³/mol. The van der Waals surface area contributed by atoms with Crippen LogP contribution >= 0.6 is 23.5 Å². The van der Waals surface area contributed by atoms with Gasteiger partial charge in [-0.15, -0.1) is 0 Å². The largest absolute Gasteiger partial charge is 0.325 e. The van der Waals surface area contributed by atoms with Crippen LogP contribution in [-0.2, 0) is 5.75 Å². The van der Waals surface area contributed by atoms with E-state index >= 15 is 0 Å². The van der Waals surface area contributed by atoms with Crippen molar-refractivity contribution in [2.24, 2.45) is 4.99 Å². The van der Waals surface area contributed by atoms with Gasteiger partial charge >= 0.3 is 5.69 Å². The Balaban J connectivity index is 2.04. The van der Waals surface area contributed by atoms with E-state index in [9.17, 15) is 9.59 Å². The van der Waals surface area contributed by atoms with Crippen molar-refractivity contribution in [2.45, 2.75) is 5.75 Å². The minimum absolute atomic E-state index is 0.365. The Kier molecular flexibility index (Phi) is 3.32. The Morgan fingerprint density at radius 1 is 1.47 bits per heavy atom. The van der Waals surface area contributed by atoms with Crippen LogP contribution in [0.1, 0.15) is 5.69 Å². The maximum Gasteiger partial charge on any atom is 0.325 e. The highest BCUT2D eigenvalue weighted by Gasteiger charge is 2.08. The molecule has 1 aliphatic heterocycles. The van der Waals surface area contributed by atoms with Crippen molar-refractivity contribution in [3.63, 3.8) is 0 Å². The molecule has 2 rings (SSSR count). The fraction of sp³-hybridized carbons (Fsp3) is 0.375. The molecule has 1 aromatic heterocycles. The van der Waals surface area contributed by atoms with Gasteiger partial charge in [0.25, 0.3) is 5.56 Å². The third kappa shape index (κ3) is 3.00. The van der Waals surface area contributed by atoms with Crippen molar-refractivity contribution in [3.05, 3.63) is 32.6 Å². The van der Waals surface area contributed by atoms with E-state index in [1.54, 1.807) is 23.5 Å². The molecular formula is C8H9N3O2S2. The summed E-state index contributed by atoms with van der Waals surface area (Å²) in [6, 6.07) is 1.40. The molecule has 0 saturated heterocycles. The second kappa shape index (κ2) is 4.71. The number of nitrogens with zero attached hydrogens (tertiary/aromatic N) is 1. The Bertz CT molecular complexity index is 463. The van der Waals surface area contributed by atoms with Crippen LogP contribution in [-0.4, -0.2) is 26.6 Å². The predicted octanol–water partition coefficient (Wildman–Crippen LogP) is 0.399. The Morgan fingerprint density at radius 2 is 2.33 bits per heavy atom. The second-order valence-electron chi connectivity index (χ2n) is 2.90. The van der Waals surface area contributed by atoms with E-state index in [0.29, 0.717) is 11.4 Å². The number of aliphatic imine (C=N–C) groups is 1. The zero-order valence-electron chi connectivity index (χ0n) is 7.78. The third-order valence-electron chi connectivity index (χ3n) is 1.73. The summed E-state index contributed by atoms with van der Waals surface area (Å²) in [4.78, 5) is 30.9. The first-order valence-corrected chi connectivity index (χ1v) is 6.34. The van der Waals surface area contributed by atoms with E-state index in [1.165, 1.54) is 6.07 Å². The summed E-state index contributed by atoms with van der Waals surface area (Å²) in [6.07, 6.45) is 0. The van der Waals surface area contributed by atoms with Crippen LogP contribution in [0.3, 0.4) is 0 Å². The molecule has 0 atom stereocenters. The van der Waals surface area contributed by atoms with Crippen LogP contribution in [0.25, 0.3) is 0 Å². The van der Waals surface area contributed by atoms with Gasteiger partial charge < -0.3 is 4.98 Å². The molecule has 0 unspecified atom stereocenters. The van der Waals surface area contributed by atoms with Crippen molar-refractivity contribution >= 4 is 27.9 Å². The van der Waals surface area contributed by atoms with Crippen molar-refractivity contribution in [1.82, 2.24) is 9.97 Å². The van der Waals surface area contributed by atoms with Crippen LogP contribution < -0.4 is 11.2 Å². The summed E-state index contributed by atoms with van der Waals surface area (Å²) in [7, 11) is 0. The first-order valence-electron chi connectivity index (χ1n) is 4.36. The average Bonchev–Trinajstić information content (AvgIpc) is 2.65. The monoisotopic (exact) mass is 243 g/mol. The maximum absolute atomic E-state index is 11.0. The third-order valence-corrected chi connectivity index (χ3v) is 4.03. The number of H-pyrrole nitrogens is 2. The number of aromatic nitrogens is 2. The SMILES string of the molecule is O=c1cc(CSC2=NCCS2)[nH]c(=O)[nH]1. The number of hydrogen-bond acceptors (Lipinski definition) is 5. The minimum Gasteiger partial charge on any atom is -0.310 e. The van der Waals surface area contributed by atoms with Crippen LogP contribution in [0.5, 0.6) is 0 Å². The molecule has 1 aliphatic rings. The van der Waals surface area contributed by atoms with E-state index in [-0.39, 0.29) is 5.56 Å². The topological polar surface area (TPSA) is 78.1 Å². The first-order chi connectivity index (χ1) is 7.24. The first kappa shape index (κ1) is 10.6. The average molecular weight is 243 g/mol. The number of rotatable bonds is 2. The Hall–Kier alpha value is -0.950. The molecule has 0 aromatic carbocycles. The fourth-order valence-corrected chi connectivity index (χ4v) is 3.06. The molecule has 2 heterocycles. The van der Waals surface area contributed by atoms with Crippen molar-refractivity contribution < 1.29 is 0 Å². The zero-order valence-corrected chi connectivity index (χ0v) is 9.41. The molecule has 0 spiro atoms. The number of thioether (sulfide) groups is 2. The zero-order chi connectivity index (χ0) is 10.7. The highest BCUT2D eigenvalue weighted by atomic mass is 32.2. The van der Waals surface area contributed by atoms with Crippen LogP contribution in [0.15, 0.2) is 20.6 Å². The maximum atomic E-state index is 11.0. The van der Waals surface area contributed by atoms with Crippen molar-refractivity contribution in [3.8, 4) is 0 Å². The molecule has 0 fully saturated rings. The highest BCUT2D eigenvalue weighted by molar-refractivity contribution is 8.38. The molecule has 7 heteroatoms. The van der Waals surface area contributed by atoms with E-state index in [4.69, 9.17) is 0 Å². The minimum atomic E-state index is -0.459. The summed E-state index contributed by atoms with van der Waals surface area (Å²) in [6.45, 7) is 0.860. The molecule has 1 aromatic rings. The smallest absolute Gasteiger partial charge is 0.310 e. The summed E-state index contributed by atoms with van der Waals surface area (Å²) in [5.74, 6) is 1.60. The molecule has 0 amide bonds. The molecule has 0 aliphatic carbocycles. The highest BCUT2D eigenvalue weighted by Crippen LogP contribution is 2.23. The number of nitrogens with one attached hydrogen (secondary N) is 2. The van der Waals surface area contributed by atoms with Crippen LogP contribution in [0.2, 0.25) is 0 Å². The standard InChI is InChI=1S/C8H9N3O2S2/c12-6-3-5(10-7(13)11-6)4-15-8-9-1-2-14-8/h3H,1-2,4H2,(H2,10,11,12,13). The molecule has 5 nitrogen and oxygen atoms in total. The normalized spacial score (nSPS) is 15.3. The fourth-order valence-electron chi connectivity index (χ4n) is 1.14. The van der Waals surface area contributed by atoms with E-state index in [1.807, 2.05) is 0 Å². The molecule has 80 valence electrons. The van der Waals surface area contributed by atoms with Crippen molar-refractivity contribution in [1.29, 1.82) is 0 Å². The molecule has 0 saturated carbocycles. The van der Waals surface area contributed by atoms with Gasteiger partial charge in [0, 0.05) is 23.3 Å². The van der Waals surface area contributed by atoms with Crippen molar-refractivity contribution in [2.75, 3.05) is 12.3 Å². The van der Waals surface area contributed by atoms with E-state index in [0.717, 1.165) is 16.7 Å². The Morgan fingerprint density at radius 3 is 3.00 bits per heavy atom. The van der Waals surface area contributed by atoms with Gasteiger partial charge in [-0.3, -0.25) is 14.8 Å². The lowest BCUT2D eigenvalue weighted by Crippen LogP contribution is -2.22. The van der Waals surface area contributed by atoms with Gasteiger partial charge in [-0.2, -0.15) is 0 Å². The molecule has 15 heavy (non-hydrogen) atoms. The van der Waals surface area contributed by atoms with Crippen LogP contribution in [0.4, 0.5) is 0 Å². The van der Waals surface area contributed by atoms with Gasteiger partial charge in [0.05, 0.1) is 6.54 Å². The lowest BCUT2D eigenvalue weighted by Gasteiger charge is -1.99. The molecule has 0 bridgehead atoms. The summed E-state index contributed by atoms with van der Waals surface area (Å²) < 4.78 is 1.02. The van der Waals surface area contributed by atoms with Crippen LogP contribution in [0, 0.1) is 0 Å². The Labute approximate surface area is 93.8 Å². The summed E-state index contributed by atoms with van der Waals surface area (Å²) >= 11 is 3.25. The summed E-state index contributed by atoms with van der Waals surface area (Å²) in [5.41, 5.74) is -0.196. The number of aromatic amines is 2. The molecule has 2 N–H and O–H groups in total. The van der Waals surface area contributed by atoms with E-state index < -0.39 is 5.69 Å². The van der Waals surface area contributed by atoms with Gasteiger partial charge in [-0.25, -0.2) is 4.79 Å². The lowest BCUT2D eigenvalue weighted by molar-refractivity contribution is 0.987. The number of hydrogen-bond donors (Lipinski definition) is 2. The summed E-state index contributed by atoms with van der Waals surface area (Å²) in [5, 5.41) is 0.